The van der Waals surface area contributed by atoms with Crippen LogP contribution in [-0.4, -0.2) is 63.2 Å². The van der Waals surface area contributed by atoms with E-state index in [4.69, 9.17) is 4.98 Å². The zero-order chi connectivity index (χ0) is 20.5. The smallest absolute Gasteiger partial charge is 0.263 e. The molecule has 29 heavy (non-hydrogen) atoms. The molecule has 0 aromatic carbocycles. The zero-order valence-electron chi connectivity index (χ0n) is 17.6. The van der Waals surface area contributed by atoms with Gasteiger partial charge in [0.15, 0.2) is 5.16 Å². The van der Waals surface area contributed by atoms with E-state index in [1.807, 2.05) is 11.8 Å². The van der Waals surface area contributed by atoms with Gasteiger partial charge < -0.3 is 9.80 Å². The third-order valence-electron chi connectivity index (χ3n) is 6.00. The Labute approximate surface area is 180 Å². The molecule has 2 aromatic rings. The number of aromatic nitrogens is 2. The van der Waals surface area contributed by atoms with Crippen molar-refractivity contribution in [3.05, 3.63) is 20.8 Å². The summed E-state index contributed by atoms with van der Waals surface area (Å²) in [6.45, 7) is 11.3. The Morgan fingerprint density at radius 3 is 2.66 bits per heavy atom. The predicted octanol–water partition coefficient (Wildman–Crippen LogP) is 3.00. The number of carbonyl (C=O) groups excluding carboxylic acids is 1. The molecule has 0 bridgehead atoms. The summed E-state index contributed by atoms with van der Waals surface area (Å²) in [6, 6.07) is 0. The minimum Gasteiger partial charge on any atom is -0.339 e. The molecule has 0 N–H and O–H groups in total. The molecule has 1 unspecified atom stereocenters. The second kappa shape index (κ2) is 8.78. The van der Waals surface area contributed by atoms with Gasteiger partial charge in [0.25, 0.3) is 5.56 Å². The van der Waals surface area contributed by atoms with Crippen molar-refractivity contribution in [1.82, 2.24) is 19.4 Å². The van der Waals surface area contributed by atoms with E-state index in [2.05, 4.69) is 18.7 Å². The molecule has 1 aliphatic heterocycles. The number of hydrogen-bond donors (Lipinski definition) is 0. The van der Waals surface area contributed by atoms with Crippen molar-refractivity contribution in [1.29, 1.82) is 0 Å². The molecule has 2 aromatic heterocycles. The van der Waals surface area contributed by atoms with Crippen molar-refractivity contribution in [3.63, 3.8) is 0 Å². The monoisotopic (exact) mass is 434 g/mol. The highest BCUT2D eigenvalue weighted by Gasteiger charge is 2.28. The van der Waals surface area contributed by atoms with E-state index in [-0.39, 0.29) is 16.7 Å². The lowest BCUT2D eigenvalue weighted by molar-refractivity contribution is -0.132. The van der Waals surface area contributed by atoms with Crippen LogP contribution in [0.2, 0.25) is 0 Å². The standard InChI is InChI=1S/C21H30N4O2S2/c1-4-9-25-20(27)17-15-7-6-8-16(15)29-18(17)22-21(25)28-14(3)19(26)24-12-10-23(5-2)11-13-24/h14H,4-13H2,1-3H3. The summed E-state index contributed by atoms with van der Waals surface area (Å²) in [5.74, 6) is 0.150. The fraction of sp³-hybridized carbons (Fsp3) is 0.667. The van der Waals surface area contributed by atoms with E-state index in [0.29, 0.717) is 11.7 Å². The molecular weight excluding hydrogens is 404 g/mol. The van der Waals surface area contributed by atoms with Crippen LogP contribution in [0.5, 0.6) is 0 Å². The summed E-state index contributed by atoms with van der Waals surface area (Å²) in [5, 5.41) is 1.27. The molecular formula is C21H30N4O2S2. The minimum absolute atomic E-state index is 0.0787. The van der Waals surface area contributed by atoms with Crippen LogP contribution in [0.3, 0.4) is 0 Å². The van der Waals surface area contributed by atoms with Gasteiger partial charge in [-0.1, -0.05) is 25.6 Å². The van der Waals surface area contributed by atoms with Gasteiger partial charge >= 0.3 is 0 Å². The van der Waals surface area contributed by atoms with Gasteiger partial charge in [0.1, 0.15) is 4.83 Å². The molecule has 1 aliphatic carbocycles. The average molecular weight is 435 g/mol. The Balaban J connectivity index is 1.59. The number of piperazine rings is 1. The molecule has 2 aliphatic rings. The molecule has 0 saturated carbocycles. The Hall–Kier alpha value is -1.38. The number of rotatable bonds is 6. The van der Waals surface area contributed by atoms with Crippen molar-refractivity contribution in [2.75, 3.05) is 32.7 Å². The van der Waals surface area contributed by atoms with E-state index in [0.717, 1.165) is 68.6 Å². The summed E-state index contributed by atoms with van der Waals surface area (Å²) in [7, 11) is 0. The normalized spacial score (nSPS) is 18.4. The van der Waals surface area contributed by atoms with Crippen LogP contribution in [0.4, 0.5) is 0 Å². The molecule has 6 nitrogen and oxygen atoms in total. The van der Waals surface area contributed by atoms with Gasteiger partial charge in [0, 0.05) is 37.6 Å². The van der Waals surface area contributed by atoms with Crippen LogP contribution in [0, 0.1) is 0 Å². The highest BCUT2D eigenvalue weighted by molar-refractivity contribution is 8.00. The minimum atomic E-state index is -0.248. The summed E-state index contributed by atoms with van der Waals surface area (Å²) in [4.78, 5) is 37.7. The first-order valence-electron chi connectivity index (χ1n) is 10.8. The van der Waals surface area contributed by atoms with Gasteiger partial charge in [0.2, 0.25) is 5.91 Å². The number of aryl methyl sites for hydroxylation is 2. The lowest BCUT2D eigenvalue weighted by atomic mass is 10.2. The van der Waals surface area contributed by atoms with Crippen LogP contribution in [0.25, 0.3) is 10.2 Å². The number of nitrogens with zero attached hydrogens (tertiary/aromatic N) is 4. The maximum Gasteiger partial charge on any atom is 0.263 e. The first-order valence-corrected chi connectivity index (χ1v) is 12.5. The summed E-state index contributed by atoms with van der Waals surface area (Å²) in [6.07, 6.45) is 4.06. The van der Waals surface area contributed by atoms with Gasteiger partial charge in [-0.2, -0.15) is 0 Å². The maximum atomic E-state index is 13.3. The molecule has 4 rings (SSSR count). The highest BCUT2D eigenvalue weighted by atomic mass is 32.2. The van der Waals surface area contributed by atoms with Crippen LogP contribution in [0.15, 0.2) is 9.95 Å². The van der Waals surface area contributed by atoms with Gasteiger partial charge in [-0.05, 0) is 44.7 Å². The first-order chi connectivity index (χ1) is 14.0. The lowest BCUT2D eigenvalue weighted by Gasteiger charge is -2.35. The van der Waals surface area contributed by atoms with E-state index >= 15 is 0 Å². The number of hydrogen-bond acceptors (Lipinski definition) is 6. The number of carbonyl (C=O) groups is 1. The van der Waals surface area contributed by atoms with Crippen molar-refractivity contribution in [2.24, 2.45) is 0 Å². The van der Waals surface area contributed by atoms with Gasteiger partial charge in [-0.15, -0.1) is 11.3 Å². The largest absolute Gasteiger partial charge is 0.339 e. The molecule has 8 heteroatoms. The number of amides is 1. The Kier molecular flexibility index (Phi) is 6.32. The molecule has 1 fully saturated rings. The SMILES string of the molecule is CCCn1c(SC(C)C(=O)N2CCN(CC)CC2)nc2sc3c(c2c1=O)CCC3. The molecule has 0 radical (unpaired) electrons. The zero-order valence-corrected chi connectivity index (χ0v) is 19.2. The van der Waals surface area contributed by atoms with Crippen LogP contribution in [0.1, 0.15) is 44.1 Å². The Bertz CT molecular complexity index is 960. The molecule has 3 heterocycles. The Morgan fingerprint density at radius 1 is 1.21 bits per heavy atom. The number of likely N-dealkylation sites (N-methyl/N-ethyl adjacent to an activating group) is 1. The third kappa shape index (κ3) is 3.99. The second-order valence-corrected chi connectivity index (χ2v) is 10.3. The lowest BCUT2D eigenvalue weighted by Crippen LogP contribution is -2.50. The molecule has 1 amide bonds. The predicted molar refractivity (Wildman–Crippen MR) is 120 cm³/mol. The van der Waals surface area contributed by atoms with E-state index in [1.165, 1.54) is 22.2 Å². The maximum absolute atomic E-state index is 13.3. The van der Waals surface area contributed by atoms with Gasteiger partial charge in [-0.25, -0.2) is 4.98 Å². The molecule has 158 valence electrons. The Morgan fingerprint density at radius 2 is 1.97 bits per heavy atom. The van der Waals surface area contributed by atoms with Crippen LogP contribution in [-0.2, 0) is 24.2 Å². The van der Waals surface area contributed by atoms with E-state index < -0.39 is 0 Å². The second-order valence-electron chi connectivity index (χ2n) is 7.91. The summed E-state index contributed by atoms with van der Waals surface area (Å²) >= 11 is 3.11. The molecule has 1 atom stereocenters. The highest BCUT2D eigenvalue weighted by Crippen LogP contribution is 2.36. The quantitative estimate of drug-likeness (QED) is 0.517. The summed E-state index contributed by atoms with van der Waals surface area (Å²) < 4.78 is 1.80. The van der Waals surface area contributed by atoms with Crippen LogP contribution < -0.4 is 5.56 Å². The van der Waals surface area contributed by atoms with Crippen molar-refractivity contribution in [2.45, 2.75) is 63.4 Å². The van der Waals surface area contributed by atoms with Crippen molar-refractivity contribution >= 4 is 39.2 Å². The topological polar surface area (TPSA) is 58.4 Å². The molecule has 1 saturated heterocycles. The van der Waals surface area contributed by atoms with Crippen molar-refractivity contribution in [3.8, 4) is 0 Å². The van der Waals surface area contributed by atoms with Crippen molar-refractivity contribution < 1.29 is 4.79 Å². The number of fused-ring (bicyclic) bond motifs is 3. The summed E-state index contributed by atoms with van der Waals surface area (Å²) in [5.41, 5.74) is 1.30. The van der Waals surface area contributed by atoms with E-state index in [1.54, 1.807) is 15.9 Å². The third-order valence-corrected chi connectivity index (χ3v) is 8.26. The van der Waals surface area contributed by atoms with Gasteiger partial charge in [-0.3, -0.25) is 14.2 Å². The number of thiophene rings is 1. The fourth-order valence-corrected chi connectivity index (χ4v) is 6.64. The fourth-order valence-electron chi connectivity index (χ4n) is 4.32. The van der Waals surface area contributed by atoms with E-state index in [9.17, 15) is 9.59 Å². The van der Waals surface area contributed by atoms with Crippen LogP contribution >= 0.6 is 23.1 Å². The average Bonchev–Trinajstić information content (AvgIpc) is 3.31. The molecule has 0 spiro atoms. The number of thioether (sulfide) groups is 1. The first kappa shape index (κ1) is 20.9. The van der Waals surface area contributed by atoms with Gasteiger partial charge in [0.05, 0.1) is 10.6 Å².